The summed E-state index contributed by atoms with van der Waals surface area (Å²) in [5.41, 5.74) is 7.95. The highest BCUT2D eigenvalue weighted by Gasteiger charge is 2.17. The molecule has 0 radical (unpaired) electrons. The molecule has 7 nitrogen and oxygen atoms in total. The van der Waals surface area contributed by atoms with Gasteiger partial charge in [-0.05, 0) is 36.4 Å². The number of aromatic nitrogens is 2. The van der Waals surface area contributed by atoms with E-state index in [1.807, 2.05) is 54.6 Å². The second-order valence-corrected chi connectivity index (χ2v) is 6.11. The minimum absolute atomic E-state index is 0.147. The van der Waals surface area contributed by atoms with Crippen LogP contribution in [-0.4, -0.2) is 28.9 Å². The SMILES string of the molecule is N#C/C(=C\c1cn(-c2ccccc2)nc1-c1ccc2c(c1)OCCO2)C(N)=O. The van der Waals surface area contributed by atoms with Crippen LogP contribution >= 0.6 is 0 Å². The van der Waals surface area contributed by atoms with Crippen molar-refractivity contribution < 1.29 is 14.3 Å². The van der Waals surface area contributed by atoms with Crippen molar-refractivity contribution in [1.29, 1.82) is 5.26 Å². The number of benzene rings is 2. The molecule has 2 heterocycles. The lowest BCUT2D eigenvalue weighted by molar-refractivity contribution is -0.114. The van der Waals surface area contributed by atoms with E-state index in [2.05, 4.69) is 5.10 Å². The number of ether oxygens (including phenoxy) is 2. The molecule has 3 aromatic rings. The lowest BCUT2D eigenvalue weighted by Gasteiger charge is -2.18. The van der Waals surface area contributed by atoms with E-state index in [4.69, 9.17) is 15.2 Å². The van der Waals surface area contributed by atoms with Gasteiger partial charge in [0.1, 0.15) is 30.6 Å². The van der Waals surface area contributed by atoms with Crippen LogP contribution in [0.1, 0.15) is 5.56 Å². The molecule has 1 amide bonds. The highest BCUT2D eigenvalue weighted by Crippen LogP contribution is 2.35. The second-order valence-electron chi connectivity index (χ2n) is 6.11. The van der Waals surface area contributed by atoms with E-state index in [1.54, 1.807) is 10.9 Å². The van der Waals surface area contributed by atoms with Gasteiger partial charge in [0.2, 0.25) is 0 Å². The van der Waals surface area contributed by atoms with Crippen molar-refractivity contribution in [1.82, 2.24) is 9.78 Å². The molecular weight excluding hydrogens is 356 g/mol. The van der Waals surface area contributed by atoms with Gasteiger partial charge < -0.3 is 15.2 Å². The van der Waals surface area contributed by atoms with E-state index in [-0.39, 0.29) is 5.57 Å². The quantitative estimate of drug-likeness (QED) is 0.560. The number of para-hydroxylation sites is 1. The summed E-state index contributed by atoms with van der Waals surface area (Å²) in [5.74, 6) is 0.510. The van der Waals surface area contributed by atoms with E-state index in [1.165, 1.54) is 6.08 Å². The Labute approximate surface area is 161 Å². The van der Waals surface area contributed by atoms with Crippen molar-refractivity contribution >= 4 is 12.0 Å². The highest BCUT2D eigenvalue weighted by molar-refractivity contribution is 6.01. The van der Waals surface area contributed by atoms with E-state index < -0.39 is 5.91 Å². The Balaban J connectivity index is 1.86. The average molecular weight is 372 g/mol. The predicted octanol–water partition coefficient (Wildman–Crippen LogP) is 2.70. The van der Waals surface area contributed by atoms with Crippen LogP contribution in [0.15, 0.2) is 60.3 Å². The molecule has 0 bridgehead atoms. The van der Waals surface area contributed by atoms with Crippen LogP contribution in [0.5, 0.6) is 11.5 Å². The molecule has 0 saturated carbocycles. The number of primary amides is 1. The smallest absolute Gasteiger partial charge is 0.259 e. The number of hydrogen-bond donors (Lipinski definition) is 1. The minimum atomic E-state index is -0.789. The van der Waals surface area contributed by atoms with Crippen LogP contribution in [-0.2, 0) is 4.79 Å². The fourth-order valence-electron chi connectivity index (χ4n) is 2.93. The van der Waals surface area contributed by atoms with Crippen LogP contribution in [0, 0.1) is 11.3 Å². The normalized spacial score (nSPS) is 13.0. The maximum atomic E-state index is 11.5. The zero-order valence-corrected chi connectivity index (χ0v) is 14.8. The Kier molecular flexibility index (Phi) is 4.52. The van der Waals surface area contributed by atoms with E-state index in [0.717, 1.165) is 11.3 Å². The number of hydrogen-bond acceptors (Lipinski definition) is 5. The summed E-state index contributed by atoms with van der Waals surface area (Å²) in [6.07, 6.45) is 3.20. The van der Waals surface area contributed by atoms with Crippen molar-refractivity contribution in [2.24, 2.45) is 5.73 Å². The molecule has 2 N–H and O–H groups in total. The second kappa shape index (κ2) is 7.29. The third kappa shape index (κ3) is 3.31. The lowest BCUT2D eigenvalue weighted by atomic mass is 10.1. The Morgan fingerprint density at radius 3 is 2.61 bits per heavy atom. The van der Waals surface area contributed by atoms with Gasteiger partial charge in [0.15, 0.2) is 11.5 Å². The largest absolute Gasteiger partial charge is 0.486 e. The zero-order chi connectivity index (χ0) is 19.5. The van der Waals surface area contributed by atoms with Crippen molar-refractivity contribution in [3.05, 3.63) is 65.9 Å². The first-order chi connectivity index (χ1) is 13.7. The molecule has 4 rings (SSSR count). The van der Waals surface area contributed by atoms with Crippen molar-refractivity contribution in [3.8, 4) is 34.5 Å². The molecule has 1 aliphatic heterocycles. The molecule has 138 valence electrons. The topological polar surface area (TPSA) is 103 Å². The van der Waals surface area contributed by atoms with Gasteiger partial charge in [-0.2, -0.15) is 10.4 Å². The molecule has 0 aliphatic carbocycles. The summed E-state index contributed by atoms with van der Waals surface area (Å²) in [7, 11) is 0. The van der Waals surface area contributed by atoms with E-state index in [0.29, 0.717) is 36.0 Å². The fraction of sp³-hybridized carbons (Fsp3) is 0.0952. The van der Waals surface area contributed by atoms with E-state index >= 15 is 0 Å². The summed E-state index contributed by atoms with van der Waals surface area (Å²) >= 11 is 0. The molecule has 2 aromatic carbocycles. The first kappa shape index (κ1) is 17.4. The number of carbonyl (C=O) groups is 1. The van der Waals surface area contributed by atoms with Crippen LogP contribution < -0.4 is 15.2 Å². The number of carbonyl (C=O) groups excluding carboxylic acids is 1. The first-order valence-electron chi connectivity index (χ1n) is 8.62. The van der Waals surface area contributed by atoms with E-state index in [9.17, 15) is 10.1 Å². The van der Waals surface area contributed by atoms with Crippen LogP contribution in [0.4, 0.5) is 0 Å². The Bertz CT molecular complexity index is 1110. The molecule has 0 fully saturated rings. The predicted molar refractivity (Wildman–Crippen MR) is 103 cm³/mol. The summed E-state index contributed by atoms with van der Waals surface area (Å²) in [6.45, 7) is 0.981. The molecule has 0 saturated heterocycles. The molecule has 0 spiro atoms. The summed E-state index contributed by atoms with van der Waals surface area (Å²) in [4.78, 5) is 11.5. The number of nitrogens with two attached hydrogens (primary N) is 1. The number of nitriles is 1. The average Bonchev–Trinajstić information content (AvgIpc) is 3.16. The molecule has 0 unspecified atom stereocenters. The summed E-state index contributed by atoms with van der Waals surface area (Å²) in [5, 5.41) is 13.9. The number of nitrogens with zero attached hydrogens (tertiary/aromatic N) is 3. The number of fused-ring (bicyclic) bond motifs is 1. The van der Waals surface area contributed by atoms with Gasteiger partial charge >= 0.3 is 0 Å². The zero-order valence-electron chi connectivity index (χ0n) is 14.8. The Morgan fingerprint density at radius 1 is 1.14 bits per heavy atom. The molecule has 28 heavy (non-hydrogen) atoms. The van der Waals surface area contributed by atoms with Crippen LogP contribution in [0.3, 0.4) is 0 Å². The van der Waals surface area contributed by atoms with Gasteiger partial charge in [-0.1, -0.05) is 18.2 Å². The fourth-order valence-corrected chi connectivity index (χ4v) is 2.93. The van der Waals surface area contributed by atoms with Crippen LogP contribution in [0.25, 0.3) is 23.0 Å². The molecule has 7 heteroatoms. The monoisotopic (exact) mass is 372 g/mol. The molecule has 1 aliphatic rings. The molecule has 0 atom stereocenters. The summed E-state index contributed by atoms with van der Waals surface area (Å²) < 4.78 is 12.9. The highest BCUT2D eigenvalue weighted by atomic mass is 16.6. The van der Waals surface area contributed by atoms with Gasteiger partial charge in [-0.15, -0.1) is 0 Å². The van der Waals surface area contributed by atoms with Gasteiger partial charge in [0.05, 0.1) is 5.69 Å². The van der Waals surface area contributed by atoms with Gasteiger partial charge in [0, 0.05) is 17.3 Å². The lowest BCUT2D eigenvalue weighted by Crippen LogP contribution is -2.15. The van der Waals surface area contributed by atoms with Gasteiger partial charge in [0.25, 0.3) is 5.91 Å². The maximum absolute atomic E-state index is 11.5. The van der Waals surface area contributed by atoms with Gasteiger partial charge in [-0.3, -0.25) is 4.79 Å². The molecule has 1 aromatic heterocycles. The summed E-state index contributed by atoms with van der Waals surface area (Å²) in [6, 6.07) is 16.9. The van der Waals surface area contributed by atoms with Crippen molar-refractivity contribution in [2.45, 2.75) is 0 Å². The van der Waals surface area contributed by atoms with Crippen molar-refractivity contribution in [2.75, 3.05) is 13.2 Å². The number of rotatable bonds is 4. The maximum Gasteiger partial charge on any atom is 0.259 e. The van der Waals surface area contributed by atoms with Gasteiger partial charge in [-0.25, -0.2) is 4.68 Å². The number of amides is 1. The van der Waals surface area contributed by atoms with Crippen molar-refractivity contribution in [3.63, 3.8) is 0 Å². The third-order valence-electron chi connectivity index (χ3n) is 4.26. The Hall–Kier alpha value is -4.05. The third-order valence-corrected chi connectivity index (χ3v) is 4.26. The molecular formula is C21H16N4O3. The first-order valence-corrected chi connectivity index (χ1v) is 8.62. The van der Waals surface area contributed by atoms with Crippen LogP contribution in [0.2, 0.25) is 0 Å². The minimum Gasteiger partial charge on any atom is -0.486 e. The Morgan fingerprint density at radius 2 is 1.89 bits per heavy atom. The standard InChI is InChI=1S/C21H16N4O3/c22-12-15(21(23)26)10-16-13-25(17-4-2-1-3-5-17)24-20(16)14-6-7-18-19(11-14)28-9-8-27-18/h1-7,10-11,13H,8-9H2,(H2,23,26)/b15-10+.